The van der Waals surface area contributed by atoms with Gasteiger partial charge in [0, 0.05) is 26.2 Å². The molecule has 0 spiro atoms. The first-order valence-corrected chi connectivity index (χ1v) is 6.61. The third-order valence-corrected chi connectivity index (χ3v) is 4.77. The van der Waals surface area contributed by atoms with Gasteiger partial charge in [0.25, 0.3) is 0 Å². The number of hydrogen-bond donors (Lipinski definition) is 0. The summed E-state index contributed by atoms with van der Waals surface area (Å²) in [6.07, 6.45) is 8.30. The third kappa shape index (κ3) is 2.07. The van der Waals surface area contributed by atoms with Crippen LogP contribution in [0.5, 0.6) is 0 Å². The summed E-state index contributed by atoms with van der Waals surface area (Å²) in [5, 5.41) is 0. The van der Waals surface area contributed by atoms with E-state index in [1.165, 1.54) is 27.8 Å². The number of benzene rings is 1. The summed E-state index contributed by atoms with van der Waals surface area (Å²) in [4.78, 5) is 0. The van der Waals surface area contributed by atoms with E-state index in [2.05, 4.69) is 70.2 Å². The molecule has 0 radical (unpaired) electrons. The SMILES string of the molecule is CC1=[C-]C(C)(C2C=Cc3ccccc32)C(C)=C1C.[Zr]. The van der Waals surface area contributed by atoms with Crippen molar-refractivity contribution in [3.05, 3.63) is 64.3 Å². The summed E-state index contributed by atoms with van der Waals surface area (Å²) in [6.45, 7) is 8.97. The van der Waals surface area contributed by atoms with Gasteiger partial charge >= 0.3 is 0 Å². The molecule has 2 aliphatic rings. The molecule has 96 valence electrons. The molecular weight excluding hydrogens is 307 g/mol. The van der Waals surface area contributed by atoms with Crippen LogP contribution < -0.4 is 0 Å². The van der Waals surface area contributed by atoms with Gasteiger partial charge in [-0.3, -0.25) is 6.08 Å². The summed E-state index contributed by atoms with van der Waals surface area (Å²) in [7, 11) is 0. The van der Waals surface area contributed by atoms with E-state index in [-0.39, 0.29) is 31.6 Å². The third-order valence-electron chi connectivity index (χ3n) is 4.77. The Bertz CT molecular complexity index is 604. The van der Waals surface area contributed by atoms with Crippen molar-refractivity contribution in [3.8, 4) is 0 Å². The molecule has 0 saturated carbocycles. The van der Waals surface area contributed by atoms with Crippen molar-refractivity contribution in [2.45, 2.75) is 33.6 Å². The van der Waals surface area contributed by atoms with Crippen LogP contribution in [0.4, 0.5) is 0 Å². The summed E-state index contributed by atoms with van der Waals surface area (Å²) in [5.41, 5.74) is 7.02. The minimum absolute atomic E-state index is 0. The molecule has 1 aromatic rings. The quantitative estimate of drug-likeness (QED) is 0.644. The van der Waals surface area contributed by atoms with Crippen molar-refractivity contribution in [1.29, 1.82) is 0 Å². The molecule has 1 heteroatoms. The van der Waals surface area contributed by atoms with Crippen LogP contribution in [0.3, 0.4) is 0 Å². The Morgan fingerprint density at radius 1 is 1.11 bits per heavy atom. The molecule has 0 amide bonds. The molecule has 2 unspecified atom stereocenters. The number of allylic oxidation sites excluding steroid dienone is 5. The van der Waals surface area contributed by atoms with Gasteiger partial charge in [-0.25, -0.2) is 5.57 Å². The van der Waals surface area contributed by atoms with Crippen molar-refractivity contribution >= 4 is 6.08 Å². The fourth-order valence-electron chi connectivity index (χ4n) is 3.31. The Hall–Kier alpha value is -0.677. The van der Waals surface area contributed by atoms with Crippen molar-refractivity contribution in [1.82, 2.24) is 0 Å². The number of rotatable bonds is 1. The molecule has 3 rings (SSSR count). The van der Waals surface area contributed by atoms with Gasteiger partial charge in [0.2, 0.25) is 0 Å². The second-order valence-corrected chi connectivity index (χ2v) is 5.67. The Morgan fingerprint density at radius 3 is 2.42 bits per heavy atom. The van der Waals surface area contributed by atoms with Crippen molar-refractivity contribution in [2.24, 2.45) is 5.41 Å². The summed E-state index contributed by atoms with van der Waals surface area (Å²) in [6, 6.07) is 8.71. The molecule has 0 N–H and O–H groups in total. The zero-order valence-corrected chi connectivity index (χ0v) is 14.5. The van der Waals surface area contributed by atoms with Gasteiger partial charge < -0.3 is 0 Å². The van der Waals surface area contributed by atoms with Gasteiger partial charge in [0.1, 0.15) is 0 Å². The first-order chi connectivity index (χ1) is 8.54. The van der Waals surface area contributed by atoms with E-state index in [1.807, 2.05) is 0 Å². The maximum Gasteiger partial charge on any atom is 0 e. The predicted molar refractivity (Wildman–Crippen MR) is 77.1 cm³/mol. The van der Waals surface area contributed by atoms with Crippen molar-refractivity contribution in [2.75, 3.05) is 0 Å². The van der Waals surface area contributed by atoms with Crippen LogP contribution in [0.1, 0.15) is 44.7 Å². The fourth-order valence-corrected chi connectivity index (χ4v) is 3.31. The van der Waals surface area contributed by atoms with Crippen LogP contribution in [-0.4, -0.2) is 0 Å². The van der Waals surface area contributed by atoms with Crippen molar-refractivity contribution < 1.29 is 26.2 Å². The predicted octanol–water partition coefficient (Wildman–Crippen LogP) is 4.90. The molecule has 0 aromatic heterocycles. The maximum absolute atomic E-state index is 3.70. The Balaban J connectivity index is 0.00000133. The van der Waals surface area contributed by atoms with Crippen LogP contribution in [0.25, 0.3) is 6.08 Å². The van der Waals surface area contributed by atoms with Gasteiger partial charge in [-0.1, -0.05) is 62.6 Å². The van der Waals surface area contributed by atoms with E-state index in [0.717, 1.165) is 0 Å². The molecule has 0 bridgehead atoms. The zero-order chi connectivity index (χ0) is 12.9. The largest absolute Gasteiger partial charge is 0.262 e. The smallest absolute Gasteiger partial charge is 0 e. The van der Waals surface area contributed by atoms with Crippen molar-refractivity contribution in [3.63, 3.8) is 0 Å². The van der Waals surface area contributed by atoms with Crippen LogP contribution in [0.2, 0.25) is 0 Å². The second kappa shape index (κ2) is 5.02. The summed E-state index contributed by atoms with van der Waals surface area (Å²) < 4.78 is 0. The summed E-state index contributed by atoms with van der Waals surface area (Å²) >= 11 is 0. The van der Waals surface area contributed by atoms with E-state index in [1.54, 1.807) is 0 Å². The molecule has 0 saturated heterocycles. The molecule has 2 aliphatic carbocycles. The van der Waals surface area contributed by atoms with Gasteiger partial charge in [0.05, 0.1) is 0 Å². The molecular formula is C18H19Zr-. The fraction of sp³-hybridized carbons (Fsp3) is 0.333. The van der Waals surface area contributed by atoms with Gasteiger partial charge in [-0.05, 0) is 17.0 Å². The van der Waals surface area contributed by atoms with Gasteiger partial charge in [-0.15, -0.1) is 6.92 Å². The molecule has 2 atom stereocenters. The van der Waals surface area contributed by atoms with Crippen LogP contribution in [0.15, 0.2) is 47.1 Å². The van der Waals surface area contributed by atoms with E-state index < -0.39 is 0 Å². The average molecular weight is 327 g/mol. The number of hydrogen-bond acceptors (Lipinski definition) is 0. The van der Waals surface area contributed by atoms with E-state index in [4.69, 9.17) is 0 Å². The van der Waals surface area contributed by atoms with E-state index >= 15 is 0 Å². The van der Waals surface area contributed by atoms with E-state index in [9.17, 15) is 0 Å². The normalized spacial score (nSPS) is 28.2. The first-order valence-electron chi connectivity index (χ1n) is 6.61. The topological polar surface area (TPSA) is 0 Å². The minimum atomic E-state index is 0. The molecule has 0 fully saturated rings. The van der Waals surface area contributed by atoms with Crippen LogP contribution in [0, 0.1) is 11.5 Å². The van der Waals surface area contributed by atoms with Gasteiger partial charge in [0.15, 0.2) is 0 Å². The summed E-state index contributed by atoms with van der Waals surface area (Å²) in [5.74, 6) is 0.432. The Kier molecular flexibility index (Phi) is 3.89. The average Bonchev–Trinajstić information content (AvgIpc) is 2.87. The zero-order valence-electron chi connectivity index (χ0n) is 12.0. The minimum Gasteiger partial charge on any atom is -0.262 e. The van der Waals surface area contributed by atoms with E-state index in [0.29, 0.717) is 5.92 Å². The monoisotopic (exact) mass is 325 g/mol. The standard InChI is InChI=1S/C18H19.Zr/c1-12-11-18(4,14(3)13(12)2)17-10-9-15-7-5-6-8-16(15)17;/h5-10,17H,1-4H3;/q-1;. The molecule has 0 aliphatic heterocycles. The van der Waals surface area contributed by atoms with Crippen LogP contribution >= 0.6 is 0 Å². The molecule has 0 nitrogen and oxygen atoms in total. The number of fused-ring (bicyclic) bond motifs is 1. The molecule has 1 aromatic carbocycles. The van der Waals surface area contributed by atoms with Gasteiger partial charge in [-0.2, -0.15) is 11.1 Å². The Morgan fingerprint density at radius 2 is 1.79 bits per heavy atom. The Labute approximate surface area is 135 Å². The maximum atomic E-state index is 3.70. The molecule has 0 heterocycles. The van der Waals surface area contributed by atoms with Crippen LogP contribution in [-0.2, 0) is 26.2 Å². The first kappa shape index (κ1) is 14.7. The second-order valence-electron chi connectivity index (χ2n) is 5.67. The molecule has 19 heavy (non-hydrogen) atoms.